The van der Waals surface area contributed by atoms with Gasteiger partial charge in [-0.25, -0.2) is 0 Å². The molecule has 1 saturated heterocycles. The molecular weight excluding hydrogens is 316 g/mol. The van der Waals surface area contributed by atoms with Crippen molar-refractivity contribution in [3.05, 3.63) is 22.4 Å². The standard InChI is InChI=1S/C13H21ClN2O2S2/c1-11(13-4-3-9-19-13)15(2)20(17,18)16-7-5-12(10-14)6-8-16/h3-4,9,11-12H,5-8,10H2,1-2H3. The molecule has 0 saturated carbocycles. The molecule has 1 aromatic rings. The zero-order valence-electron chi connectivity index (χ0n) is 11.8. The van der Waals surface area contributed by atoms with Gasteiger partial charge >= 0.3 is 0 Å². The SMILES string of the molecule is CC(c1cccs1)N(C)S(=O)(=O)N1CCC(CCl)CC1. The maximum atomic E-state index is 12.6. The number of hydrogen-bond donors (Lipinski definition) is 0. The van der Waals surface area contributed by atoms with Gasteiger partial charge in [-0.05, 0) is 37.1 Å². The minimum atomic E-state index is -3.39. The summed E-state index contributed by atoms with van der Waals surface area (Å²) in [6, 6.07) is 3.79. The van der Waals surface area contributed by atoms with Crippen molar-refractivity contribution in [3.8, 4) is 0 Å². The highest BCUT2D eigenvalue weighted by Crippen LogP contribution is 2.29. The van der Waals surface area contributed by atoms with E-state index in [1.165, 1.54) is 4.31 Å². The highest BCUT2D eigenvalue weighted by Gasteiger charge is 2.33. The fraction of sp³-hybridized carbons (Fsp3) is 0.692. The van der Waals surface area contributed by atoms with Gasteiger partial charge in [0.15, 0.2) is 0 Å². The summed E-state index contributed by atoms with van der Waals surface area (Å²) in [5, 5.41) is 1.97. The number of hydrogen-bond acceptors (Lipinski definition) is 3. The molecule has 0 aromatic carbocycles. The predicted octanol–water partition coefficient (Wildman–Crippen LogP) is 2.94. The van der Waals surface area contributed by atoms with Crippen LogP contribution in [0.4, 0.5) is 0 Å². The van der Waals surface area contributed by atoms with Gasteiger partial charge < -0.3 is 0 Å². The van der Waals surface area contributed by atoms with Gasteiger partial charge in [-0.1, -0.05) is 6.07 Å². The molecule has 1 aliphatic heterocycles. The minimum absolute atomic E-state index is 0.134. The van der Waals surface area contributed by atoms with Gasteiger partial charge in [-0.3, -0.25) is 0 Å². The first-order chi connectivity index (χ1) is 9.46. The summed E-state index contributed by atoms with van der Waals surface area (Å²) < 4.78 is 28.3. The van der Waals surface area contributed by atoms with Crippen molar-refractivity contribution in [1.29, 1.82) is 0 Å². The highest BCUT2D eigenvalue weighted by atomic mass is 35.5. The van der Waals surface area contributed by atoms with Gasteiger partial charge in [0.1, 0.15) is 0 Å². The van der Waals surface area contributed by atoms with Crippen LogP contribution in [0.25, 0.3) is 0 Å². The Balaban J connectivity index is 2.06. The topological polar surface area (TPSA) is 40.6 Å². The molecule has 1 aromatic heterocycles. The molecule has 2 rings (SSSR count). The Morgan fingerprint density at radius 2 is 2.15 bits per heavy atom. The first-order valence-electron chi connectivity index (χ1n) is 6.79. The van der Waals surface area contributed by atoms with Gasteiger partial charge in [-0.2, -0.15) is 17.0 Å². The maximum Gasteiger partial charge on any atom is 0.282 e. The van der Waals surface area contributed by atoms with E-state index >= 15 is 0 Å². The van der Waals surface area contributed by atoms with Crippen molar-refractivity contribution in [1.82, 2.24) is 8.61 Å². The third-order valence-corrected chi connectivity index (χ3v) is 7.52. The molecule has 0 spiro atoms. The van der Waals surface area contributed by atoms with E-state index in [4.69, 9.17) is 11.6 Å². The summed E-state index contributed by atoms with van der Waals surface area (Å²) in [5.74, 6) is 1.07. The number of alkyl halides is 1. The average molecular weight is 337 g/mol. The summed E-state index contributed by atoms with van der Waals surface area (Å²) in [5.41, 5.74) is 0. The lowest BCUT2D eigenvalue weighted by atomic mass is 10.0. The number of piperidine rings is 1. The minimum Gasteiger partial charge on any atom is -0.195 e. The first-order valence-corrected chi connectivity index (χ1v) is 9.60. The molecule has 20 heavy (non-hydrogen) atoms. The zero-order valence-corrected chi connectivity index (χ0v) is 14.2. The van der Waals surface area contributed by atoms with Crippen LogP contribution in [-0.4, -0.2) is 43.0 Å². The van der Waals surface area contributed by atoms with E-state index < -0.39 is 10.2 Å². The normalized spacial score (nSPS) is 20.4. The Hall–Kier alpha value is -0.140. The van der Waals surface area contributed by atoms with Crippen LogP contribution >= 0.6 is 22.9 Å². The van der Waals surface area contributed by atoms with Crippen LogP contribution in [0.1, 0.15) is 30.7 Å². The summed E-state index contributed by atoms with van der Waals surface area (Å²) in [6.45, 7) is 3.07. The third-order valence-electron chi connectivity index (χ3n) is 3.98. The lowest BCUT2D eigenvalue weighted by Gasteiger charge is -2.34. The second-order valence-corrected chi connectivity index (χ2v) is 8.49. The van der Waals surface area contributed by atoms with E-state index in [2.05, 4.69) is 0 Å². The largest absolute Gasteiger partial charge is 0.282 e. The second kappa shape index (κ2) is 6.75. The number of halogens is 1. The molecule has 0 radical (unpaired) electrons. The lowest BCUT2D eigenvalue weighted by molar-refractivity contribution is 0.263. The number of rotatable bonds is 5. The average Bonchev–Trinajstić information content (AvgIpc) is 3.00. The van der Waals surface area contributed by atoms with Gasteiger partial charge in [0.05, 0.1) is 6.04 Å². The lowest BCUT2D eigenvalue weighted by Crippen LogP contribution is -2.46. The monoisotopic (exact) mass is 336 g/mol. The van der Waals surface area contributed by atoms with E-state index in [0.29, 0.717) is 24.9 Å². The molecule has 1 fully saturated rings. The Kier molecular flexibility index (Phi) is 5.48. The van der Waals surface area contributed by atoms with Crippen LogP contribution in [0.3, 0.4) is 0 Å². The molecule has 4 nitrogen and oxygen atoms in total. The van der Waals surface area contributed by atoms with Gasteiger partial charge in [0, 0.05) is 30.9 Å². The Bertz CT molecular complexity index is 510. The zero-order chi connectivity index (χ0) is 14.8. The maximum absolute atomic E-state index is 12.6. The molecule has 1 atom stereocenters. The van der Waals surface area contributed by atoms with Crippen molar-refractivity contribution in [3.63, 3.8) is 0 Å². The molecule has 1 unspecified atom stereocenters. The van der Waals surface area contributed by atoms with Crippen molar-refractivity contribution in [2.24, 2.45) is 5.92 Å². The van der Waals surface area contributed by atoms with Crippen LogP contribution in [-0.2, 0) is 10.2 Å². The Labute approximate surface area is 130 Å². The van der Waals surface area contributed by atoms with Crippen LogP contribution in [0, 0.1) is 5.92 Å². The molecule has 1 aliphatic rings. The van der Waals surface area contributed by atoms with Crippen molar-refractivity contribution in [2.75, 3.05) is 26.0 Å². The summed E-state index contributed by atoms with van der Waals surface area (Å²) in [4.78, 5) is 1.06. The molecule has 0 N–H and O–H groups in total. The smallest absolute Gasteiger partial charge is 0.195 e. The highest BCUT2D eigenvalue weighted by molar-refractivity contribution is 7.86. The van der Waals surface area contributed by atoms with Crippen LogP contribution in [0.5, 0.6) is 0 Å². The van der Waals surface area contributed by atoms with Gasteiger partial charge in [0.2, 0.25) is 0 Å². The van der Waals surface area contributed by atoms with E-state index in [0.717, 1.165) is 17.7 Å². The number of thiophene rings is 1. The molecule has 114 valence electrons. The van der Waals surface area contributed by atoms with E-state index in [-0.39, 0.29) is 6.04 Å². The fourth-order valence-corrected chi connectivity index (χ4v) is 5.14. The van der Waals surface area contributed by atoms with E-state index in [1.807, 2.05) is 24.4 Å². The number of nitrogens with zero attached hydrogens (tertiary/aromatic N) is 2. The quantitative estimate of drug-likeness (QED) is 0.776. The third kappa shape index (κ3) is 3.36. The fourth-order valence-electron chi connectivity index (χ4n) is 2.38. The van der Waals surface area contributed by atoms with Gasteiger partial charge in [0.25, 0.3) is 10.2 Å². The molecule has 0 aliphatic carbocycles. The Morgan fingerprint density at radius 3 is 2.65 bits per heavy atom. The van der Waals surface area contributed by atoms with Crippen molar-refractivity contribution in [2.45, 2.75) is 25.8 Å². The molecule has 7 heteroatoms. The van der Waals surface area contributed by atoms with Crippen molar-refractivity contribution < 1.29 is 8.42 Å². The molecular formula is C13H21ClN2O2S2. The van der Waals surface area contributed by atoms with E-state index in [1.54, 1.807) is 22.7 Å². The molecule has 0 amide bonds. The summed E-state index contributed by atoms with van der Waals surface area (Å²) >= 11 is 7.43. The second-order valence-electron chi connectivity index (χ2n) is 5.21. The molecule has 2 heterocycles. The predicted molar refractivity (Wildman–Crippen MR) is 84.4 cm³/mol. The Morgan fingerprint density at radius 1 is 1.50 bits per heavy atom. The summed E-state index contributed by atoms with van der Waals surface area (Å²) in [7, 11) is -1.73. The first kappa shape index (κ1) is 16.2. The van der Waals surface area contributed by atoms with Crippen LogP contribution in [0.2, 0.25) is 0 Å². The van der Waals surface area contributed by atoms with Crippen LogP contribution in [0.15, 0.2) is 17.5 Å². The summed E-state index contributed by atoms with van der Waals surface area (Å²) in [6.07, 6.45) is 1.70. The van der Waals surface area contributed by atoms with E-state index in [9.17, 15) is 8.42 Å². The van der Waals surface area contributed by atoms with Gasteiger partial charge in [-0.15, -0.1) is 22.9 Å². The van der Waals surface area contributed by atoms with Crippen LogP contribution < -0.4 is 0 Å². The van der Waals surface area contributed by atoms with Crippen molar-refractivity contribution >= 4 is 33.1 Å². The molecule has 0 bridgehead atoms.